The van der Waals surface area contributed by atoms with E-state index in [1.807, 2.05) is 13.0 Å². The largest absolute Gasteiger partial charge is 0.496 e. The molecule has 0 heterocycles. The summed E-state index contributed by atoms with van der Waals surface area (Å²) >= 11 is 0. The Morgan fingerprint density at radius 1 is 1.24 bits per heavy atom. The number of hydrogen-bond donors (Lipinski definition) is 1. The monoisotopic (exact) mass is 290 g/mol. The van der Waals surface area contributed by atoms with Crippen LogP contribution in [0.3, 0.4) is 0 Å². The van der Waals surface area contributed by atoms with Gasteiger partial charge in [0.05, 0.1) is 12.5 Å². The zero-order valence-electron chi connectivity index (χ0n) is 13.7. The summed E-state index contributed by atoms with van der Waals surface area (Å²) in [5.74, 6) is 0.101. The Labute approximate surface area is 127 Å². The SMILES string of the molecule is COc1cc(C2(C(=O)O)CCCC2)c(C)cc1C(C)(C)C. The van der Waals surface area contributed by atoms with Gasteiger partial charge in [-0.2, -0.15) is 0 Å². The van der Waals surface area contributed by atoms with Gasteiger partial charge < -0.3 is 9.84 Å². The number of aryl methyl sites for hydroxylation is 1. The molecule has 0 spiro atoms. The minimum Gasteiger partial charge on any atom is -0.496 e. The van der Waals surface area contributed by atoms with Crippen LogP contribution in [-0.4, -0.2) is 18.2 Å². The molecule has 116 valence electrons. The van der Waals surface area contributed by atoms with Crippen LogP contribution in [0.25, 0.3) is 0 Å². The smallest absolute Gasteiger partial charge is 0.314 e. The molecule has 2 rings (SSSR count). The Hall–Kier alpha value is -1.51. The molecule has 1 aliphatic rings. The van der Waals surface area contributed by atoms with E-state index in [1.54, 1.807) is 7.11 Å². The Balaban J connectivity index is 2.63. The Morgan fingerprint density at radius 2 is 1.81 bits per heavy atom. The van der Waals surface area contributed by atoms with Crippen molar-refractivity contribution in [3.8, 4) is 5.75 Å². The van der Waals surface area contributed by atoms with E-state index < -0.39 is 11.4 Å². The molecule has 0 saturated heterocycles. The highest BCUT2D eigenvalue weighted by Gasteiger charge is 2.44. The standard InChI is InChI=1S/C18H26O3/c1-12-10-14(17(2,3)4)15(21-5)11-13(12)18(16(19)20)8-6-7-9-18/h10-11H,6-9H2,1-5H3,(H,19,20). The van der Waals surface area contributed by atoms with E-state index in [9.17, 15) is 9.90 Å². The normalized spacial score (nSPS) is 17.8. The molecule has 0 amide bonds. The van der Waals surface area contributed by atoms with Crippen LogP contribution in [0.5, 0.6) is 5.75 Å². The number of methoxy groups -OCH3 is 1. The van der Waals surface area contributed by atoms with Gasteiger partial charge in [0.1, 0.15) is 5.75 Å². The first-order valence-electron chi connectivity index (χ1n) is 7.65. The number of ether oxygens (including phenoxy) is 1. The van der Waals surface area contributed by atoms with Gasteiger partial charge in [0.2, 0.25) is 0 Å². The van der Waals surface area contributed by atoms with Crippen molar-refractivity contribution in [2.24, 2.45) is 0 Å². The van der Waals surface area contributed by atoms with Crippen molar-refractivity contribution in [2.75, 3.05) is 7.11 Å². The molecule has 1 aromatic rings. The van der Waals surface area contributed by atoms with Gasteiger partial charge in [-0.3, -0.25) is 4.79 Å². The fourth-order valence-electron chi connectivity index (χ4n) is 3.54. The Kier molecular flexibility index (Phi) is 4.05. The quantitative estimate of drug-likeness (QED) is 0.907. The maximum Gasteiger partial charge on any atom is 0.314 e. The van der Waals surface area contributed by atoms with Crippen LogP contribution in [0, 0.1) is 6.92 Å². The molecule has 3 heteroatoms. The van der Waals surface area contributed by atoms with Crippen LogP contribution in [0.4, 0.5) is 0 Å². The summed E-state index contributed by atoms with van der Waals surface area (Å²) in [4.78, 5) is 11.9. The van der Waals surface area contributed by atoms with Crippen LogP contribution in [0.15, 0.2) is 12.1 Å². The second-order valence-corrected chi connectivity index (χ2v) is 7.21. The molecule has 0 bridgehead atoms. The molecule has 1 aromatic carbocycles. The first kappa shape index (κ1) is 15.9. The second-order valence-electron chi connectivity index (χ2n) is 7.21. The number of aliphatic carboxylic acids is 1. The van der Waals surface area contributed by atoms with Crippen molar-refractivity contribution in [1.29, 1.82) is 0 Å². The van der Waals surface area contributed by atoms with Crippen LogP contribution in [0.2, 0.25) is 0 Å². The van der Waals surface area contributed by atoms with Crippen molar-refractivity contribution in [1.82, 2.24) is 0 Å². The third kappa shape index (κ3) is 2.66. The van der Waals surface area contributed by atoms with E-state index in [0.717, 1.165) is 48.1 Å². The van der Waals surface area contributed by atoms with Crippen molar-refractivity contribution in [3.63, 3.8) is 0 Å². The first-order chi connectivity index (χ1) is 9.72. The highest BCUT2D eigenvalue weighted by atomic mass is 16.5. The third-order valence-corrected chi connectivity index (χ3v) is 4.74. The minimum absolute atomic E-state index is 0.0271. The summed E-state index contributed by atoms with van der Waals surface area (Å²) in [6.07, 6.45) is 3.41. The average Bonchev–Trinajstić information content (AvgIpc) is 2.87. The molecular weight excluding hydrogens is 264 g/mol. The third-order valence-electron chi connectivity index (χ3n) is 4.74. The summed E-state index contributed by atoms with van der Waals surface area (Å²) in [5, 5.41) is 9.79. The van der Waals surface area contributed by atoms with E-state index in [-0.39, 0.29) is 5.41 Å². The number of carboxylic acids is 1. The highest BCUT2D eigenvalue weighted by molar-refractivity contribution is 5.82. The Morgan fingerprint density at radius 3 is 2.24 bits per heavy atom. The fraction of sp³-hybridized carbons (Fsp3) is 0.611. The molecule has 1 saturated carbocycles. The van der Waals surface area contributed by atoms with E-state index >= 15 is 0 Å². The summed E-state index contributed by atoms with van der Waals surface area (Å²) < 4.78 is 5.56. The lowest BCUT2D eigenvalue weighted by molar-refractivity contribution is -0.143. The van der Waals surface area contributed by atoms with Crippen LogP contribution < -0.4 is 4.74 Å². The molecule has 0 aliphatic heterocycles. The van der Waals surface area contributed by atoms with Crippen LogP contribution in [-0.2, 0) is 15.6 Å². The van der Waals surface area contributed by atoms with Gasteiger partial charge in [0.25, 0.3) is 0 Å². The van der Waals surface area contributed by atoms with Gasteiger partial charge in [0.15, 0.2) is 0 Å². The maximum atomic E-state index is 11.9. The summed E-state index contributed by atoms with van der Waals surface area (Å²) in [5.41, 5.74) is 2.36. The topological polar surface area (TPSA) is 46.5 Å². The fourth-order valence-corrected chi connectivity index (χ4v) is 3.54. The number of hydrogen-bond acceptors (Lipinski definition) is 2. The van der Waals surface area contributed by atoms with Crippen molar-refractivity contribution >= 4 is 5.97 Å². The number of carbonyl (C=O) groups is 1. The van der Waals surface area contributed by atoms with E-state index in [4.69, 9.17) is 4.74 Å². The average molecular weight is 290 g/mol. The lowest BCUT2D eigenvalue weighted by Gasteiger charge is -2.30. The molecule has 3 nitrogen and oxygen atoms in total. The van der Waals surface area contributed by atoms with Gasteiger partial charge in [-0.15, -0.1) is 0 Å². The lowest BCUT2D eigenvalue weighted by atomic mass is 9.74. The van der Waals surface area contributed by atoms with Gasteiger partial charge >= 0.3 is 5.97 Å². The van der Waals surface area contributed by atoms with Gasteiger partial charge in [-0.25, -0.2) is 0 Å². The summed E-state index contributed by atoms with van der Waals surface area (Å²) in [6, 6.07) is 4.08. The van der Waals surface area contributed by atoms with E-state index in [1.165, 1.54) is 0 Å². The molecular formula is C18H26O3. The predicted octanol–water partition coefficient (Wildman–Crippen LogP) is 4.20. The summed E-state index contributed by atoms with van der Waals surface area (Å²) in [6.45, 7) is 8.46. The maximum absolute atomic E-state index is 11.9. The van der Waals surface area contributed by atoms with E-state index in [2.05, 4.69) is 26.8 Å². The minimum atomic E-state index is -0.728. The van der Waals surface area contributed by atoms with E-state index in [0.29, 0.717) is 0 Å². The zero-order chi connectivity index (χ0) is 15.8. The molecule has 0 unspecified atom stereocenters. The predicted molar refractivity (Wildman–Crippen MR) is 84.2 cm³/mol. The summed E-state index contributed by atoms with van der Waals surface area (Å²) in [7, 11) is 1.66. The number of benzene rings is 1. The van der Waals surface area contributed by atoms with Crippen molar-refractivity contribution < 1.29 is 14.6 Å². The number of carboxylic acid groups (broad SMARTS) is 1. The molecule has 1 aliphatic carbocycles. The van der Waals surface area contributed by atoms with Crippen molar-refractivity contribution in [2.45, 2.75) is 64.2 Å². The van der Waals surface area contributed by atoms with Gasteiger partial charge in [-0.1, -0.05) is 39.7 Å². The van der Waals surface area contributed by atoms with Crippen molar-refractivity contribution in [3.05, 3.63) is 28.8 Å². The highest BCUT2D eigenvalue weighted by Crippen LogP contribution is 2.45. The molecule has 1 N–H and O–H groups in total. The molecule has 0 radical (unpaired) electrons. The number of rotatable bonds is 3. The van der Waals surface area contributed by atoms with Gasteiger partial charge in [0, 0.05) is 0 Å². The van der Waals surface area contributed by atoms with Gasteiger partial charge in [-0.05, 0) is 47.9 Å². The zero-order valence-corrected chi connectivity index (χ0v) is 13.7. The molecule has 0 aromatic heterocycles. The second kappa shape index (κ2) is 5.36. The molecule has 21 heavy (non-hydrogen) atoms. The Bertz CT molecular complexity index is 546. The molecule has 1 fully saturated rings. The molecule has 0 atom stereocenters. The van der Waals surface area contributed by atoms with Crippen LogP contribution in [0.1, 0.15) is 63.1 Å². The van der Waals surface area contributed by atoms with Crippen LogP contribution >= 0.6 is 0 Å². The first-order valence-corrected chi connectivity index (χ1v) is 7.65. The lowest BCUT2D eigenvalue weighted by Crippen LogP contribution is -2.33.